The minimum absolute atomic E-state index is 0.0220. The highest BCUT2D eigenvalue weighted by atomic mass is 16.4. The lowest BCUT2D eigenvalue weighted by atomic mass is 10.2. The van der Waals surface area contributed by atoms with Gasteiger partial charge in [-0.1, -0.05) is 0 Å². The Bertz CT molecular complexity index is 474. The van der Waals surface area contributed by atoms with Gasteiger partial charge < -0.3 is 15.1 Å². The second-order valence-corrected chi connectivity index (χ2v) is 4.10. The maximum atomic E-state index is 12.1. The normalized spacial score (nSPS) is 10.3. The SMILES string of the molecule is CCN(CCCO)C(=O)c1ccc(C(=O)O)c(C)n1. The van der Waals surface area contributed by atoms with Gasteiger partial charge in [0.25, 0.3) is 5.91 Å². The van der Waals surface area contributed by atoms with Crippen LogP contribution in [0.5, 0.6) is 0 Å². The number of carboxylic acids is 1. The number of aliphatic hydroxyl groups excluding tert-OH is 1. The van der Waals surface area contributed by atoms with Crippen LogP contribution in [0.3, 0.4) is 0 Å². The summed E-state index contributed by atoms with van der Waals surface area (Å²) in [5.74, 6) is -1.31. The molecule has 0 aliphatic carbocycles. The molecule has 0 aliphatic heterocycles. The van der Waals surface area contributed by atoms with Crippen molar-refractivity contribution in [3.63, 3.8) is 0 Å². The lowest BCUT2D eigenvalue weighted by molar-refractivity contribution is 0.0691. The minimum atomic E-state index is -1.06. The molecule has 19 heavy (non-hydrogen) atoms. The van der Waals surface area contributed by atoms with Crippen LogP contribution in [-0.2, 0) is 0 Å². The largest absolute Gasteiger partial charge is 0.478 e. The van der Waals surface area contributed by atoms with Gasteiger partial charge in [0.2, 0.25) is 0 Å². The Morgan fingerprint density at radius 2 is 2.05 bits per heavy atom. The Morgan fingerprint density at radius 1 is 1.37 bits per heavy atom. The van der Waals surface area contributed by atoms with E-state index in [0.717, 1.165) is 0 Å². The fourth-order valence-electron chi connectivity index (χ4n) is 1.73. The Balaban J connectivity index is 2.93. The number of aliphatic hydroxyl groups is 1. The van der Waals surface area contributed by atoms with Gasteiger partial charge in [0.15, 0.2) is 0 Å². The van der Waals surface area contributed by atoms with E-state index in [2.05, 4.69) is 4.98 Å². The summed E-state index contributed by atoms with van der Waals surface area (Å²) in [5.41, 5.74) is 0.633. The van der Waals surface area contributed by atoms with Crippen molar-refractivity contribution >= 4 is 11.9 Å². The van der Waals surface area contributed by atoms with E-state index in [-0.39, 0.29) is 23.8 Å². The van der Waals surface area contributed by atoms with Gasteiger partial charge in [-0.05, 0) is 32.4 Å². The number of carbonyl (C=O) groups is 2. The van der Waals surface area contributed by atoms with Crippen molar-refractivity contribution in [2.45, 2.75) is 20.3 Å². The van der Waals surface area contributed by atoms with Crippen molar-refractivity contribution in [2.24, 2.45) is 0 Å². The molecule has 0 saturated carbocycles. The second kappa shape index (κ2) is 6.84. The van der Waals surface area contributed by atoms with Gasteiger partial charge in [0, 0.05) is 19.7 Å². The molecule has 0 bridgehead atoms. The van der Waals surface area contributed by atoms with Crippen LogP contribution in [0.1, 0.15) is 39.9 Å². The number of nitrogens with zero attached hydrogens (tertiary/aromatic N) is 2. The first-order valence-electron chi connectivity index (χ1n) is 6.12. The molecule has 0 radical (unpaired) electrons. The maximum Gasteiger partial charge on any atom is 0.337 e. The number of amides is 1. The lowest BCUT2D eigenvalue weighted by Gasteiger charge is -2.20. The summed E-state index contributed by atoms with van der Waals surface area (Å²) in [6, 6.07) is 2.80. The molecule has 1 amide bonds. The first kappa shape index (κ1) is 15.1. The van der Waals surface area contributed by atoms with Crippen LogP contribution in [0, 0.1) is 6.92 Å². The van der Waals surface area contributed by atoms with E-state index in [0.29, 0.717) is 25.2 Å². The van der Waals surface area contributed by atoms with E-state index in [4.69, 9.17) is 10.2 Å². The van der Waals surface area contributed by atoms with E-state index in [1.807, 2.05) is 6.92 Å². The third kappa shape index (κ3) is 3.75. The Kier molecular flexibility index (Phi) is 5.44. The van der Waals surface area contributed by atoms with Gasteiger partial charge >= 0.3 is 5.97 Å². The molecule has 0 aliphatic rings. The van der Waals surface area contributed by atoms with Crippen LogP contribution in [0.15, 0.2) is 12.1 Å². The van der Waals surface area contributed by atoms with Crippen molar-refractivity contribution in [3.8, 4) is 0 Å². The Labute approximate surface area is 111 Å². The number of carbonyl (C=O) groups excluding carboxylic acids is 1. The molecule has 1 rings (SSSR count). The van der Waals surface area contributed by atoms with E-state index in [1.54, 1.807) is 11.8 Å². The summed E-state index contributed by atoms with van der Waals surface area (Å²) >= 11 is 0. The van der Waals surface area contributed by atoms with Crippen LogP contribution in [0.2, 0.25) is 0 Å². The van der Waals surface area contributed by atoms with E-state index < -0.39 is 5.97 Å². The summed E-state index contributed by atoms with van der Waals surface area (Å²) in [5, 5.41) is 17.7. The van der Waals surface area contributed by atoms with Gasteiger partial charge in [0.05, 0.1) is 11.3 Å². The molecule has 1 aromatic rings. The average molecular weight is 266 g/mol. The average Bonchev–Trinajstić information content (AvgIpc) is 2.38. The summed E-state index contributed by atoms with van der Waals surface area (Å²) in [6.07, 6.45) is 0.506. The molecule has 0 saturated heterocycles. The van der Waals surface area contributed by atoms with Crippen molar-refractivity contribution in [1.29, 1.82) is 0 Å². The summed E-state index contributed by atoms with van der Waals surface area (Å²) < 4.78 is 0. The zero-order valence-corrected chi connectivity index (χ0v) is 11.1. The predicted octanol–water partition coefficient (Wildman–Crippen LogP) is 0.933. The quantitative estimate of drug-likeness (QED) is 0.799. The highest BCUT2D eigenvalue weighted by Gasteiger charge is 2.17. The zero-order valence-electron chi connectivity index (χ0n) is 11.1. The van der Waals surface area contributed by atoms with Crippen molar-refractivity contribution in [1.82, 2.24) is 9.88 Å². The number of hydrogen-bond donors (Lipinski definition) is 2. The predicted molar refractivity (Wildman–Crippen MR) is 69.2 cm³/mol. The summed E-state index contributed by atoms with van der Waals surface area (Å²) in [7, 11) is 0. The van der Waals surface area contributed by atoms with Crippen molar-refractivity contribution in [3.05, 3.63) is 29.1 Å². The fourth-order valence-corrected chi connectivity index (χ4v) is 1.73. The van der Waals surface area contributed by atoms with Crippen LogP contribution in [0.4, 0.5) is 0 Å². The monoisotopic (exact) mass is 266 g/mol. The summed E-state index contributed by atoms with van der Waals surface area (Å²) in [4.78, 5) is 28.6. The van der Waals surface area contributed by atoms with Crippen molar-refractivity contribution < 1.29 is 19.8 Å². The fraction of sp³-hybridized carbons (Fsp3) is 0.462. The molecule has 0 spiro atoms. The molecule has 1 aromatic heterocycles. The Morgan fingerprint density at radius 3 is 2.53 bits per heavy atom. The molecular weight excluding hydrogens is 248 g/mol. The molecule has 0 aromatic carbocycles. The molecule has 2 N–H and O–H groups in total. The van der Waals surface area contributed by atoms with Crippen molar-refractivity contribution in [2.75, 3.05) is 19.7 Å². The zero-order chi connectivity index (χ0) is 14.4. The maximum absolute atomic E-state index is 12.1. The molecule has 0 unspecified atom stereocenters. The van der Waals surface area contributed by atoms with Crippen LogP contribution >= 0.6 is 0 Å². The number of pyridine rings is 1. The topological polar surface area (TPSA) is 90.7 Å². The first-order valence-corrected chi connectivity index (χ1v) is 6.12. The van der Waals surface area contributed by atoms with E-state index in [9.17, 15) is 9.59 Å². The number of hydrogen-bond acceptors (Lipinski definition) is 4. The van der Waals surface area contributed by atoms with Crippen LogP contribution < -0.4 is 0 Å². The third-order valence-corrected chi connectivity index (χ3v) is 2.79. The molecular formula is C13H18N2O4. The number of carboxylic acid groups (broad SMARTS) is 1. The molecule has 104 valence electrons. The highest BCUT2D eigenvalue weighted by molar-refractivity contribution is 5.94. The molecule has 0 fully saturated rings. The minimum Gasteiger partial charge on any atom is -0.478 e. The lowest BCUT2D eigenvalue weighted by Crippen LogP contribution is -2.33. The molecule has 6 nitrogen and oxygen atoms in total. The van der Waals surface area contributed by atoms with Crippen LogP contribution in [0.25, 0.3) is 0 Å². The molecule has 0 atom stereocenters. The number of aryl methyl sites for hydroxylation is 1. The number of aromatic carboxylic acids is 1. The van der Waals surface area contributed by atoms with Gasteiger partial charge in [-0.3, -0.25) is 4.79 Å². The Hall–Kier alpha value is -1.95. The second-order valence-electron chi connectivity index (χ2n) is 4.10. The van der Waals surface area contributed by atoms with Gasteiger partial charge in [-0.25, -0.2) is 9.78 Å². The van der Waals surface area contributed by atoms with Gasteiger partial charge in [-0.15, -0.1) is 0 Å². The van der Waals surface area contributed by atoms with Crippen LogP contribution in [-0.4, -0.2) is 51.7 Å². The number of aromatic nitrogens is 1. The standard InChI is InChI=1S/C13H18N2O4/c1-3-15(7-4-8-16)12(17)11-6-5-10(13(18)19)9(2)14-11/h5-6,16H,3-4,7-8H2,1-2H3,(H,18,19). The summed E-state index contributed by atoms with van der Waals surface area (Å²) in [6.45, 7) is 4.39. The highest BCUT2D eigenvalue weighted by Crippen LogP contribution is 2.09. The molecule has 1 heterocycles. The van der Waals surface area contributed by atoms with Gasteiger partial charge in [-0.2, -0.15) is 0 Å². The molecule has 6 heteroatoms. The number of rotatable bonds is 6. The van der Waals surface area contributed by atoms with Gasteiger partial charge in [0.1, 0.15) is 5.69 Å². The third-order valence-electron chi connectivity index (χ3n) is 2.79. The van der Waals surface area contributed by atoms with E-state index >= 15 is 0 Å². The smallest absolute Gasteiger partial charge is 0.337 e. The van der Waals surface area contributed by atoms with E-state index in [1.165, 1.54) is 12.1 Å². The first-order chi connectivity index (χ1) is 9.01.